The molecule has 37 heavy (non-hydrogen) atoms. The third-order valence-electron chi connectivity index (χ3n) is 5.85. The summed E-state index contributed by atoms with van der Waals surface area (Å²) in [5.74, 6) is -2.30. The normalized spacial score (nSPS) is 16.7. The molecule has 12 heteroatoms. The van der Waals surface area contributed by atoms with E-state index in [2.05, 4.69) is 20.3 Å². The maximum Gasteiger partial charge on any atom is 0.339 e. The lowest BCUT2D eigenvalue weighted by Gasteiger charge is -2.21. The largest absolute Gasteiger partial charge is 0.478 e. The summed E-state index contributed by atoms with van der Waals surface area (Å²) in [6.07, 6.45) is 2.91. The maximum atomic E-state index is 12.2. The van der Waals surface area contributed by atoms with Crippen molar-refractivity contribution in [3.8, 4) is 0 Å². The van der Waals surface area contributed by atoms with Crippen molar-refractivity contribution in [3.63, 3.8) is 0 Å². The van der Waals surface area contributed by atoms with Gasteiger partial charge in [0.2, 0.25) is 0 Å². The molecule has 1 atom stereocenters. The minimum Gasteiger partial charge on any atom is -0.478 e. The molecule has 1 amide bonds. The van der Waals surface area contributed by atoms with Gasteiger partial charge in [-0.15, -0.1) is 0 Å². The Morgan fingerprint density at radius 2 is 1.81 bits per heavy atom. The number of amidine groups is 1. The Morgan fingerprint density at radius 1 is 1.11 bits per heavy atom. The van der Waals surface area contributed by atoms with Crippen molar-refractivity contribution < 1.29 is 29.3 Å². The number of methoxy groups -OCH3 is 1. The first-order valence-corrected chi connectivity index (χ1v) is 11.7. The number of nitrogens with zero attached hydrogens (tertiary/aromatic N) is 3. The number of carbonyl (C=O) groups is 3. The quantitative estimate of drug-likeness (QED) is 0.409. The van der Waals surface area contributed by atoms with E-state index in [4.69, 9.17) is 33.0 Å². The van der Waals surface area contributed by atoms with Crippen molar-refractivity contribution in [2.24, 2.45) is 10.9 Å². The molecule has 0 spiro atoms. The van der Waals surface area contributed by atoms with Crippen LogP contribution in [-0.2, 0) is 16.1 Å². The van der Waals surface area contributed by atoms with E-state index in [1.54, 1.807) is 19.1 Å². The van der Waals surface area contributed by atoms with Gasteiger partial charge in [-0.2, -0.15) is 0 Å². The fraction of sp³-hybridized carbons (Fsp3) is 0.280. The lowest BCUT2D eigenvalue weighted by molar-refractivity contribution is -0.124. The van der Waals surface area contributed by atoms with Crippen molar-refractivity contribution >= 4 is 57.8 Å². The summed E-state index contributed by atoms with van der Waals surface area (Å²) in [7, 11) is 1.52. The molecule has 1 unspecified atom stereocenters. The van der Waals surface area contributed by atoms with Crippen molar-refractivity contribution in [2.45, 2.75) is 32.9 Å². The molecule has 10 nitrogen and oxygen atoms in total. The molecule has 3 N–H and O–H groups in total. The van der Waals surface area contributed by atoms with Gasteiger partial charge in [-0.3, -0.25) is 14.8 Å². The highest BCUT2D eigenvalue weighted by molar-refractivity contribution is 6.35. The topological polar surface area (TPSA) is 151 Å². The first kappa shape index (κ1) is 28.0. The highest BCUT2D eigenvalue weighted by atomic mass is 35.5. The number of carboxylic acid groups (broad SMARTS) is 2. The highest BCUT2D eigenvalue weighted by Crippen LogP contribution is 2.28. The second-order valence-electron chi connectivity index (χ2n) is 8.65. The number of benzene rings is 1. The van der Waals surface area contributed by atoms with Crippen LogP contribution in [0.15, 0.2) is 41.7 Å². The minimum atomic E-state index is -1.13. The summed E-state index contributed by atoms with van der Waals surface area (Å²) in [5.41, 5.74) is 0.218. The second kappa shape index (κ2) is 11.2. The number of fused-ring (bicyclic) bond motifs is 1. The van der Waals surface area contributed by atoms with Gasteiger partial charge >= 0.3 is 11.9 Å². The van der Waals surface area contributed by atoms with E-state index in [0.29, 0.717) is 21.5 Å². The summed E-state index contributed by atoms with van der Waals surface area (Å²) in [4.78, 5) is 47.1. The number of aliphatic imine (C=N–C) groups is 1. The zero-order valence-electron chi connectivity index (χ0n) is 20.4. The standard InChI is InChI=1S/C15H19N3O4.C10H5Cl2NO2/c1-8(2)15(3)14(21)17-12(18-15)11-10(13(19)20)5-9(6-16-11)7-22-4;11-6-3-5-1-2-7(12)8(10(14)15)9(5)13-4-6/h5-6,8H,7H2,1-4H3,(H,19,20)(H,17,18,21);1-4H,(H,14,15). The molecule has 0 bridgehead atoms. The number of hydrogen-bond acceptors (Lipinski definition) is 7. The Kier molecular flexibility index (Phi) is 8.47. The molecule has 3 aromatic rings. The monoisotopic (exact) mass is 546 g/mol. The van der Waals surface area contributed by atoms with E-state index in [0.717, 1.165) is 0 Å². The number of hydrogen-bond donors (Lipinski definition) is 3. The molecule has 0 saturated carbocycles. The van der Waals surface area contributed by atoms with E-state index in [-0.39, 0.29) is 46.1 Å². The highest BCUT2D eigenvalue weighted by Gasteiger charge is 2.43. The summed E-state index contributed by atoms with van der Waals surface area (Å²) in [6.45, 7) is 5.76. The van der Waals surface area contributed by atoms with Gasteiger partial charge in [0.25, 0.3) is 5.91 Å². The maximum absolute atomic E-state index is 12.2. The second-order valence-corrected chi connectivity index (χ2v) is 9.49. The number of amides is 1. The van der Waals surface area contributed by atoms with Gasteiger partial charge in [0.05, 0.1) is 27.7 Å². The van der Waals surface area contributed by atoms with Crippen molar-refractivity contribution in [2.75, 3.05) is 7.11 Å². The summed E-state index contributed by atoms with van der Waals surface area (Å²) >= 11 is 11.5. The number of ether oxygens (including phenoxy) is 1. The smallest absolute Gasteiger partial charge is 0.339 e. The van der Waals surface area contributed by atoms with Gasteiger partial charge < -0.3 is 20.3 Å². The van der Waals surface area contributed by atoms with Crippen LogP contribution in [0.4, 0.5) is 0 Å². The van der Waals surface area contributed by atoms with Crippen LogP contribution in [0.25, 0.3) is 10.9 Å². The Hall–Kier alpha value is -3.60. The van der Waals surface area contributed by atoms with E-state index >= 15 is 0 Å². The Bertz CT molecular complexity index is 1430. The number of carbonyl (C=O) groups excluding carboxylic acids is 1. The number of aromatic nitrogens is 2. The molecule has 0 fully saturated rings. The molecule has 1 aliphatic heterocycles. The zero-order chi connectivity index (χ0) is 27.5. The van der Waals surface area contributed by atoms with Gasteiger partial charge in [-0.05, 0) is 36.6 Å². The van der Waals surface area contributed by atoms with Gasteiger partial charge in [-0.25, -0.2) is 14.6 Å². The van der Waals surface area contributed by atoms with Gasteiger partial charge in [0, 0.05) is 24.9 Å². The molecule has 0 saturated heterocycles. The molecule has 0 radical (unpaired) electrons. The molecule has 3 heterocycles. The van der Waals surface area contributed by atoms with Crippen molar-refractivity contribution in [1.82, 2.24) is 15.3 Å². The Labute approximate surface area is 222 Å². The van der Waals surface area contributed by atoms with Crippen LogP contribution >= 0.6 is 23.2 Å². The molecule has 1 aromatic carbocycles. The van der Waals surface area contributed by atoms with E-state index in [1.807, 2.05) is 13.8 Å². The number of rotatable bonds is 6. The third-order valence-corrected chi connectivity index (χ3v) is 6.37. The van der Waals surface area contributed by atoms with Crippen LogP contribution < -0.4 is 5.32 Å². The van der Waals surface area contributed by atoms with Crippen LogP contribution in [0.5, 0.6) is 0 Å². The van der Waals surface area contributed by atoms with Crippen LogP contribution in [0.3, 0.4) is 0 Å². The fourth-order valence-electron chi connectivity index (χ4n) is 3.51. The summed E-state index contributed by atoms with van der Waals surface area (Å²) in [5, 5.41) is 22.3. The summed E-state index contributed by atoms with van der Waals surface area (Å²) < 4.78 is 4.98. The molecule has 4 rings (SSSR count). The predicted octanol–water partition coefficient (Wildman–Crippen LogP) is 4.46. The minimum absolute atomic E-state index is 0.00540. The molecule has 0 aliphatic carbocycles. The van der Waals surface area contributed by atoms with Gasteiger partial charge in [0.1, 0.15) is 16.8 Å². The Morgan fingerprint density at radius 3 is 2.38 bits per heavy atom. The van der Waals surface area contributed by atoms with E-state index in [1.165, 1.54) is 31.6 Å². The lowest BCUT2D eigenvalue weighted by atomic mass is 9.89. The third kappa shape index (κ3) is 5.87. The average Bonchev–Trinajstić information content (AvgIpc) is 3.15. The summed E-state index contributed by atoms with van der Waals surface area (Å²) in [6, 6.07) is 6.33. The number of carboxylic acids is 2. The Balaban J connectivity index is 0.000000220. The first-order chi connectivity index (χ1) is 17.4. The first-order valence-electron chi connectivity index (χ1n) is 11.0. The molecule has 1 aliphatic rings. The van der Waals surface area contributed by atoms with Crippen LogP contribution in [0.1, 0.15) is 52.7 Å². The van der Waals surface area contributed by atoms with Crippen LogP contribution in [0.2, 0.25) is 10.0 Å². The van der Waals surface area contributed by atoms with E-state index < -0.39 is 17.5 Å². The molecule has 194 valence electrons. The molecular formula is C25H24Cl2N4O6. The number of nitrogens with one attached hydrogen (secondary N) is 1. The van der Waals surface area contributed by atoms with Crippen molar-refractivity contribution in [3.05, 3.63) is 69.1 Å². The van der Waals surface area contributed by atoms with Crippen molar-refractivity contribution in [1.29, 1.82) is 0 Å². The van der Waals surface area contributed by atoms with Crippen LogP contribution in [0, 0.1) is 5.92 Å². The number of halogens is 2. The SMILES string of the molecule is COCc1cnc(C2=NC(C)(C(C)C)C(=O)N2)c(C(=O)O)c1.O=C(O)c1c(Cl)ccc2cc(Cl)cnc12. The number of pyridine rings is 2. The lowest BCUT2D eigenvalue weighted by Crippen LogP contribution is -2.41. The predicted molar refractivity (Wildman–Crippen MR) is 139 cm³/mol. The fourth-order valence-corrected chi connectivity index (χ4v) is 3.91. The number of aromatic carboxylic acids is 2. The van der Waals surface area contributed by atoms with Gasteiger partial charge in [0.15, 0.2) is 5.84 Å². The van der Waals surface area contributed by atoms with Gasteiger partial charge in [-0.1, -0.05) is 43.1 Å². The molecule has 2 aromatic heterocycles. The molecular weight excluding hydrogens is 523 g/mol. The van der Waals surface area contributed by atoms with E-state index in [9.17, 15) is 19.5 Å². The zero-order valence-corrected chi connectivity index (χ0v) is 21.9. The van der Waals surface area contributed by atoms with Crippen LogP contribution in [-0.4, -0.2) is 56.5 Å². The average molecular weight is 547 g/mol.